The van der Waals surface area contributed by atoms with Gasteiger partial charge < -0.3 is 9.47 Å². The summed E-state index contributed by atoms with van der Waals surface area (Å²) in [6, 6.07) is 5.98. The van der Waals surface area contributed by atoms with E-state index in [-0.39, 0.29) is 0 Å². The molecule has 2 nitrogen and oxygen atoms in total. The molecule has 0 spiro atoms. The second kappa shape index (κ2) is 7.05. The summed E-state index contributed by atoms with van der Waals surface area (Å²) in [4.78, 5) is 0. The summed E-state index contributed by atoms with van der Waals surface area (Å²) in [5.74, 6) is 1.51. The molecule has 1 aromatic carbocycles. The number of allylic oxidation sites excluding steroid dienone is 1. The third-order valence-electron chi connectivity index (χ3n) is 3.40. The smallest absolute Gasteiger partial charge is 0.161 e. The average molecular weight is 320 g/mol. The maximum absolute atomic E-state index is 5.35. The number of thioether (sulfide) groups is 1. The molecule has 2 aromatic rings. The van der Waals surface area contributed by atoms with Crippen LogP contribution in [-0.4, -0.2) is 20.5 Å². The van der Waals surface area contributed by atoms with Crippen molar-refractivity contribution in [3.63, 3.8) is 0 Å². The van der Waals surface area contributed by atoms with Crippen molar-refractivity contribution in [1.82, 2.24) is 0 Å². The van der Waals surface area contributed by atoms with Gasteiger partial charge in [0.2, 0.25) is 0 Å². The highest BCUT2D eigenvalue weighted by Crippen LogP contribution is 2.35. The summed E-state index contributed by atoms with van der Waals surface area (Å²) >= 11 is 3.61. The molecule has 0 saturated heterocycles. The van der Waals surface area contributed by atoms with Crippen molar-refractivity contribution >= 4 is 34.7 Å². The molecule has 4 heteroatoms. The number of hydrogen-bond donors (Lipinski definition) is 0. The van der Waals surface area contributed by atoms with Crippen LogP contribution in [0.25, 0.3) is 11.6 Å². The molecule has 0 saturated carbocycles. The fraction of sp³-hybridized carbons (Fsp3) is 0.294. The largest absolute Gasteiger partial charge is 0.493 e. The van der Waals surface area contributed by atoms with Crippen LogP contribution in [0.2, 0.25) is 0 Å². The molecule has 0 amide bonds. The highest BCUT2D eigenvalue weighted by molar-refractivity contribution is 8.00. The van der Waals surface area contributed by atoms with Gasteiger partial charge in [-0.3, -0.25) is 0 Å². The van der Waals surface area contributed by atoms with Gasteiger partial charge in [-0.05, 0) is 59.9 Å². The Morgan fingerprint density at radius 1 is 1.19 bits per heavy atom. The van der Waals surface area contributed by atoms with Crippen LogP contribution in [0.5, 0.6) is 11.5 Å². The zero-order chi connectivity index (χ0) is 15.4. The molecular formula is C17H20O2S2. The standard InChI is InChI=1S/C17H20O2S2/c1-11(14-10-21-17(20-5)12(14)2)8-13-6-7-15(18-3)16(9-13)19-4/h6-10H,1-5H3/b11-8+. The van der Waals surface area contributed by atoms with Gasteiger partial charge in [0.25, 0.3) is 0 Å². The summed E-state index contributed by atoms with van der Waals surface area (Å²) in [6.45, 7) is 4.33. The minimum Gasteiger partial charge on any atom is -0.493 e. The Bertz CT molecular complexity index is 657. The Balaban J connectivity index is 2.36. The molecule has 0 aliphatic heterocycles. The lowest BCUT2D eigenvalue weighted by atomic mass is 10.0. The van der Waals surface area contributed by atoms with Crippen molar-refractivity contribution in [1.29, 1.82) is 0 Å². The number of hydrogen-bond acceptors (Lipinski definition) is 4. The molecular weight excluding hydrogens is 300 g/mol. The lowest BCUT2D eigenvalue weighted by molar-refractivity contribution is 0.355. The highest BCUT2D eigenvalue weighted by atomic mass is 32.2. The molecule has 0 unspecified atom stereocenters. The Kier molecular flexibility index (Phi) is 5.37. The number of ether oxygens (including phenoxy) is 2. The van der Waals surface area contributed by atoms with Gasteiger partial charge in [0, 0.05) is 0 Å². The Hall–Kier alpha value is -1.39. The van der Waals surface area contributed by atoms with Gasteiger partial charge in [0.05, 0.1) is 18.4 Å². The summed E-state index contributed by atoms with van der Waals surface area (Å²) < 4.78 is 12.0. The van der Waals surface area contributed by atoms with E-state index in [9.17, 15) is 0 Å². The van der Waals surface area contributed by atoms with Crippen LogP contribution >= 0.6 is 23.1 Å². The Morgan fingerprint density at radius 3 is 2.48 bits per heavy atom. The molecule has 1 heterocycles. The highest BCUT2D eigenvalue weighted by Gasteiger charge is 2.09. The van der Waals surface area contributed by atoms with Gasteiger partial charge in [-0.1, -0.05) is 12.1 Å². The maximum atomic E-state index is 5.35. The van der Waals surface area contributed by atoms with Crippen molar-refractivity contribution in [2.24, 2.45) is 0 Å². The van der Waals surface area contributed by atoms with Gasteiger partial charge in [-0.25, -0.2) is 0 Å². The summed E-state index contributed by atoms with van der Waals surface area (Å²) in [6.07, 6.45) is 4.30. The van der Waals surface area contributed by atoms with E-state index in [4.69, 9.17) is 9.47 Å². The second-order valence-corrected chi connectivity index (χ2v) is 6.66. The third-order valence-corrected chi connectivity index (χ3v) is 5.73. The van der Waals surface area contributed by atoms with Crippen molar-refractivity contribution in [2.45, 2.75) is 18.1 Å². The lowest BCUT2D eigenvalue weighted by Crippen LogP contribution is -1.90. The molecule has 0 fully saturated rings. The molecule has 1 aromatic heterocycles. The van der Waals surface area contributed by atoms with Gasteiger partial charge >= 0.3 is 0 Å². The molecule has 0 bridgehead atoms. The van der Waals surface area contributed by atoms with E-state index < -0.39 is 0 Å². The van der Waals surface area contributed by atoms with Crippen LogP contribution in [0.15, 0.2) is 27.8 Å². The van der Waals surface area contributed by atoms with E-state index in [1.807, 2.05) is 18.2 Å². The van der Waals surface area contributed by atoms with Gasteiger partial charge in [-0.2, -0.15) is 0 Å². The van der Waals surface area contributed by atoms with Crippen molar-refractivity contribution < 1.29 is 9.47 Å². The predicted molar refractivity (Wildman–Crippen MR) is 93.9 cm³/mol. The monoisotopic (exact) mass is 320 g/mol. The number of benzene rings is 1. The van der Waals surface area contributed by atoms with Gasteiger partial charge in [0.15, 0.2) is 11.5 Å². The predicted octanol–water partition coefficient (Wildman–Crippen LogP) is 5.36. The van der Waals surface area contributed by atoms with E-state index in [0.717, 1.165) is 17.1 Å². The second-order valence-electron chi connectivity index (χ2n) is 4.71. The van der Waals surface area contributed by atoms with E-state index >= 15 is 0 Å². The SMILES string of the molecule is COc1ccc(/C=C(\C)c2csc(SC)c2C)cc1OC. The fourth-order valence-electron chi connectivity index (χ4n) is 2.26. The van der Waals surface area contributed by atoms with E-state index in [1.165, 1.54) is 20.9 Å². The summed E-state index contributed by atoms with van der Waals surface area (Å²) in [5, 5.41) is 2.23. The third kappa shape index (κ3) is 3.44. The average Bonchev–Trinajstić information content (AvgIpc) is 2.88. The van der Waals surface area contributed by atoms with Crippen LogP contribution in [-0.2, 0) is 0 Å². The first-order valence-electron chi connectivity index (χ1n) is 6.63. The van der Waals surface area contributed by atoms with Crippen LogP contribution in [0, 0.1) is 6.92 Å². The zero-order valence-corrected chi connectivity index (χ0v) is 14.7. The number of rotatable bonds is 5. The minimum atomic E-state index is 0.753. The molecule has 0 aliphatic rings. The van der Waals surface area contributed by atoms with Gasteiger partial charge in [0.1, 0.15) is 0 Å². The Labute approximate surface area is 134 Å². The molecule has 112 valence electrons. The maximum Gasteiger partial charge on any atom is 0.161 e. The quantitative estimate of drug-likeness (QED) is 0.691. The van der Waals surface area contributed by atoms with Crippen LogP contribution in [0.1, 0.15) is 23.6 Å². The summed E-state index contributed by atoms with van der Waals surface area (Å²) in [5.41, 5.74) is 5.05. The first kappa shape index (κ1) is 16.0. The topological polar surface area (TPSA) is 18.5 Å². The van der Waals surface area contributed by atoms with Crippen LogP contribution in [0.3, 0.4) is 0 Å². The van der Waals surface area contributed by atoms with Crippen molar-refractivity contribution in [3.05, 3.63) is 40.3 Å². The summed E-state index contributed by atoms with van der Waals surface area (Å²) in [7, 11) is 3.31. The fourth-order valence-corrected chi connectivity index (χ4v) is 4.08. The van der Waals surface area contributed by atoms with Gasteiger partial charge in [-0.15, -0.1) is 23.1 Å². The normalized spacial score (nSPS) is 11.6. The number of thiophene rings is 1. The molecule has 0 radical (unpaired) electrons. The lowest BCUT2D eigenvalue weighted by Gasteiger charge is -2.08. The van der Waals surface area contributed by atoms with E-state index in [1.54, 1.807) is 37.3 Å². The molecule has 0 aliphatic carbocycles. The molecule has 0 atom stereocenters. The number of methoxy groups -OCH3 is 2. The van der Waals surface area contributed by atoms with Crippen molar-refractivity contribution in [3.8, 4) is 11.5 Å². The molecule has 0 N–H and O–H groups in total. The first-order valence-corrected chi connectivity index (χ1v) is 8.74. The van der Waals surface area contributed by atoms with E-state index in [0.29, 0.717) is 0 Å². The van der Waals surface area contributed by atoms with Crippen LogP contribution < -0.4 is 9.47 Å². The zero-order valence-electron chi connectivity index (χ0n) is 13.0. The first-order chi connectivity index (χ1) is 10.1. The minimum absolute atomic E-state index is 0.753. The molecule has 21 heavy (non-hydrogen) atoms. The van der Waals surface area contributed by atoms with E-state index in [2.05, 4.69) is 31.6 Å². The Morgan fingerprint density at radius 2 is 1.90 bits per heavy atom. The van der Waals surface area contributed by atoms with Crippen LogP contribution in [0.4, 0.5) is 0 Å². The molecule has 2 rings (SSSR count). The van der Waals surface area contributed by atoms with Crippen molar-refractivity contribution in [2.75, 3.05) is 20.5 Å².